The lowest BCUT2D eigenvalue weighted by molar-refractivity contribution is -0.118. The number of benzene rings is 1. The lowest BCUT2D eigenvalue weighted by Gasteiger charge is -2.18. The number of nitrogens with zero attached hydrogens (tertiary/aromatic N) is 1. The lowest BCUT2D eigenvalue weighted by Crippen LogP contribution is -2.18. The number of halogens is 1. The van der Waals surface area contributed by atoms with Crippen LogP contribution in [0.1, 0.15) is 12.0 Å². The fourth-order valence-corrected chi connectivity index (χ4v) is 2.34. The highest BCUT2D eigenvalue weighted by molar-refractivity contribution is 14.1. The van der Waals surface area contributed by atoms with Crippen LogP contribution >= 0.6 is 22.6 Å². The van der Waals surface area contributed by atoms with Gasteiger partial charge in [0.25, 0.3) is 0 Å². The van der Waals surface area contributed by atoms with Gasteiger partial charge < -0.3 is 4.90 Å². The molecule has 2 rings (SSSR count). The molecule has 0 aromatic heterocycles. The first-order valence-electron chi connectivity index (χ1n) is 4.68. The fraction of sp³-hybridized carbons (Fsp3) is 0.364. The summed E-state index contributed by atoms with van der Waals surface area (Å²) in [4.78, 5) is 13.6. The Bertz CT molecular complexity index is 376. The van der Waals surface area contributed by atoms with Gasteiger partial charge in [0.05, 0.1) is 0 Å². The highest BCUT2D eigenvalue weighted by atomic mass is 127. The van der Waals surface area contributed by atoms with E-state index in [1.165, 1.54) is 14.8 Å². The van der Waals surface area contributed by atoms with Crippen LogP contribution in [0.5, 0.6) is 0 Å². The molecular weight excluding hydrogens is 289 g/mol. The van der Waals surface area contributed by atoms with Gasteiger partial charge >= 0.3 is 0 Å². The van der Waals surface area contributed by atoms with Gasteiger partial charge in [-0.3, -0.25) is 4.79 Å². The molecule has 0 fully saturated rings. The van der Waals surface area contributed by atoms with Crippen molar-refractivity contribution in [3.63, 3.8) is 0 Å². The number of Topliss-reactive ketones (excluding diaryl/α,β-unsaturated/α-hetero) is 1. The van der Waals surface area contributed by atoms with E-state index in [4.69, 9.17) is 0 Å². The van der Waals surface area contributed by atoms with E-state index in [-0.39, 0.29) is 0 Å². The Morgan fingerprint density at radius 1 is 1.43 bits per heavy atom. The molecule has 3 heteroatoms. The van der Waals surface area contributed by atoms with Crippen molar-refractivity contribution in [1.29, 1.82) is 0 Å². The average Bonchev–Trinajstić information content (AvgIpc) is 2.26. The molecule has 74 valence electrons. The van der Waals surface area contributed by atoms with Gasteiger partial charge in [-0.15, -0.1) is 0 Å². The molecule has 1 aliphatic heterocycles. The molecule has 1 aliphatic rings. The van der Waals surface area contributed by atoms with Crippen LogP contribution in [-0.4, -0.2) is 19.4 Å². The second-order valence-corrected chi connectivity index (χ2v) is 4.91. The molecule has 0 saturated heterocycles. The van der Waals surface area contributed by atoms with E-state index in [0.29, 0.717) is 18.6 Å². The number of anilines is 1. The van der Waals surface area contributed by atoms with Crippen molar-refractivity contribution in [3.05, 3.63) is 27.3 Å². The second kappa shape index (κ2) is 3.88. The number of carbonyl (C=O) groups is 1. The van der Waals surface area contributed by atoms with Crippen LogP contribution in [0.2, 0.25) is 0 Å². The van der Waals surface area contributed by atoms with Crippen molar-refractivity contribution in [2.24, 2.45) is 0 Å². The monoisotopic (exact) mass is 301 g/mol. The van der Waals surface area contributed by atoms with Gasteiger partial charge in [0.1, 0.15) is 5.78 Å². The van der Waals surface area contributed by atoms with Crippen LogP contribution in [0.3, 0.4) is 0 Å². The number of hydrogen-bond acceptors (Lipinski definition) is 2. The minimum atomic E-state index is 0.345. The largest absolute Gasteiger partial charge is 0.374 e. The molecule has 0 bridgehead atoms. The molecule has 0 spiro atoms. The van der Waals surface area contributed by atoms with Gasteiger partial charge in [-0.05, 0) is 46.4 Å². The number of carbonyl (C=O) groups excluding carboxylic acids is 1. The Morgan fingerprint density at radius 3 is 3.00 bits per heavy atom. The maximum absolute atomic E-state index is 11.5. The van der Waals surface area contributed by atoms with E-state index in [1.54, 1.807) is 0 Å². The van der Waals surface area contributed by atoms with Crippen molar-refractivity contribution in [2.75, 3.05) is 18.5 Å². The average molecular weight is 301 g/mol. The summed E-state index contributed by atoms with van der Waals surface area (Å²) in [6, 6.07) is 6.30. The zero-order valence-corrected chi connectivity index (χ0v) is 10.2. The molecule has 0 saturated carbocycles. The van der Waals surface area contributed by atoms with Crippen molar-refractivity contribution in [2.45, 2.75) is 12.8 Å². The zero-order chi connectivity index (χ0) is 10.1. The summed E-state index contributed by atoms with van der Waals surface area (Å²) in [7, 11) is 2.05. The molecular formula is C11H12INO. The van der Waals surface area contributed by atoms with E-state index in [0.717, 1.165) is 6.54 Å². The third-order valence-electron chi connectivity index (χ3n) is 2.57. The summed E-state index contributed by atoms with van der Waals surface area (Å²) >= 11 is 2.28. The van der Waals surface area contributed by atoms with E-state index in [9.17, 15) is 4.79 Å². The van der Waals surface area contributed by atoms with Crippen LogP contribution in [0.4, 0.5) is 5.69 Å². The minimum absolute atomic E-state index is 0.345. The van der Waals surface area contributed by atoms with Crippen molar-refractivity contribution >= 4 is 34.1 Å². The predicted molar refractivity (Wildman–Crippen MR) is 65.8 cm³/mol. The van der Waals surface area contributed by atoms with Gasteiger partial charge in [-0.25, -0.2) is 0 Å². The summed E-state index contributed by atoms with van der Waals surface area (Å²) in [6.07, 6.45) is 1.26. The lowest BCUT2D eigenvalue weighted by atomic mass is 10.1. The third kappa shape index (κ3) is 1.92. The molecule has 14 heavy (non-hydrogen) atoms. The van der Waals surface area contributed by atoms with E-state index >= 15 is 0 Å². The van der Waals surface area contributed by atoms with Crippen molar-refractivity contribution in [1.82, 2.24) is 0 Å². The highest BCUT2D eigenvalue weighted by Crippen LogP contribution is 2.25. The standard InChI is InChI=1S/C11H12INO/c1-13-5-4-10(14)7-8-6-9(12)2-3-11(8)13/h2-3,6H,4-5,7H2,1H3. The summed E-state index contributed by atoms with van der Waals surface area (Å²) in [5.74, 6) is 0.345. The molecule has 1 aromatic carbocycles. The molecule has 0 amide bonds. The summed E-state index contributed by atoms with van der Waals surface area (Å²) in [6.45, 7) is 0.840. The Hall–Kier alpha value is -0.580. The Morgan fingerprint density at radius 2 is 2.21 bits per heavy atom. The first kappa shape index (κ1) is 9.96. The van der Waals surface area contributed by atoms with Crippen LogP contribution in [-0.2, 0) is 11.2 Å². The van der Waals surface area contributed by atoms with Gasteiger partial charge in [0, 0.05) is 35.7 Å². The quantitative estimate of drug-likeness (QED) is 0.685. The van der Waals surface area contributed by atoms with Crippen molar-refractivity contribution < 1.29 is 4.79 Å². The van der Waals surface area contributed by atoms with E-state index in [1.807, 2.05) is 7.05 Å². The van der Waals surface area contributed by atoms with Crippen LogP contribution in [0, 0.1) is 3.57 Å². The number of fused-ring (bicyclic) bond motifs is 1. The van der Waals surface area contributed by atoms with Gasteiger partial charge in [0.2, 0.25) is 0 Å². The zero-order valence-electron chi connectivity index (χ0n) is 8.09. The molecule has 0 unspecified atom stereocenters. The maximum Gasteiger partial charge on any atom is 0.139 e. The Balaban J connectivity index is 2.46. The van der Waals surface area contributed by atoms with Gasteiger partial charge in [-0.1, -0.05) is 0 Å². The molecule has 1 aromatic rings. The topological polar surface area (TPSA) is 20.3 Å². The minimum Gasteiger partial charge on any atom is -0.374 e. The third-order valence-corrected chi connectivity index (χ3v) is 3.24. The first-order valence-corrected chi connectivity index (χ1v) is 5.76. The van der Waals surface area contributed by atoms with E-state index < -0.39 is 0 Å². The fourth-order valence-electron chi connectivity index (χ4n) is 1.78. The number of hydrogen-bond donors (Lipinski definition) is 0. The molecule has 0 aliphatic carbocycles. The van der Waals surface area contributed by atoms with E-state index in [2.05, 4.69) is 45.7 Å². The van der Waals surface area contributed by atoms with Crippen molar-refractivity contribution in [3.8, 4) is 0 Å². The predicted octanol–water partition coefficient (Wildman–Crippen LogP) is 2.24. The highest BCUT2D eigenvalue weighted by Gasteiger charge is 2.16. The van der Waals surface area contributed by atoms with Crippen LogP contribution < -0.4 is 4.90 Å². The number of ketones is 1. The smallest absolute Gasteiger partial charge is 0.139 e. The molecule has 0 N–H and O–H groups in total. The molecule has 2 nitrogen and oxygen atoms in total. The van der Waals surface area contributed by atoms with Gasteiger partial charge in [0.15, 0.2) is 0 Å². The Labute approximate surface area is 97.4 Å². The van der Waals surface area contributed by atoms with Gasteiger partial charge in [-0.2, -0.15) is 0 Å². The SMILES string of the molecule is CN1CCC(=O)Cc2cc(I)ccc21. The second-order valence-electron chi connectivity index (χ2n) is 3.66. The molecule has 0 atom stereocenters. The molecule has 1 heterocycles. The molecule has 0 radical (unpaired) electrons. The Kier molecular flexibility index (Phi) is 2.76. The normalized spacial score (nSPS) is 16.4. The van der Waals surface area contributed by atoms with Crippen LogP contribution in [0.25, 0.3) is 0 Å². The maximum atomic E-state index is 11.5. The summed E-state index contributed by atoms with van der Waals surface area (Å²) in [5, 5.41) is 0. The van der Waals surface area contributed by atoms with Crippen LogP contribution in [0.15, 0.2) is 18.2 Å². The first-order chi connectivity index (χ1) is 6.66. The summed E-state index contributed by atoms with van der Waals surface area (Å²) < 4.78 is 1.20. The summed E-state index contributed by atoms with van der Waals surface area (Å²) in [5.41, 5.74) is 2.37. The number of rotatable bonds is 0.